The van der Waals surface area contributed by atoms with Crippen LogP contribution in [0.4, 0.5) is 0 Å². The van der Waals surface area contributed by atoms with Gasteiger partial charge < -0.3 is 4.74 Å². The summed E-state index contributed by atoms with van der Waals surface area (Å²) in [7, 11) is 0. The first-order valence-electron chi connectivity index (χ1n) is 4.66. The molecule has 1 aromatic carbocycles. The van der Waals surface area contributed by atoms with Crippen molar-refractivity contribution in [3.05, 3.63) is 42.0 Å². The SMILES string of the molecule is CSC/C=C/COc1ccc(C)cc1. The van der Waals surface area contributed by atoms with E-state index in [9.17, 15) is 0 Å². The largest absolute Gasteiger partial charge is 0.490 e. The van der Waals surface area contributed by atoms with Gasteiger partial charge in [-0.05, 0) is 25.3 Å². The first kappa shape index (κ1) is 11.2. The van der Waals surface area contributed by atoms with Crippen LogP contribution in [0.15, 0.2) is 36.4 Å². The zero-order chi connectivity index (χ0) is 10.2. The second kappa shape index (κ2) is 6.55. The van der Waals surface area contributed by atoms with Gasteiger partial charge in [0.05, 0.1) is 0 Å². The third-order valence-corrected chi connectivity index (χ3v) is 2.32. The zero-order valence-corrected chi connectivity index (χ0v) is 9.51. The van der Waals surface area contributed by atoms with Crippen molar-refractivity contribution < 1.29 is 4.74 Å². The van der Waals surface area contributed by atoms with E-state index in [0.29, 0.717) is 6.61 Å². The molecule has 0 aliphatic carbocycles. The molecule has 0 fully saturated rings. The Morgan fingerprint density at radius 2 is 1.93 bits per heavy atom. The highest BCUT2D eigenvalue weighted by atomic mass is 32.2. The topological polar surface area (TPSA) is 9.23 Å². The maximum Gasteiger partial charge on any atom is 0.119 e. The van der Waals surface area contributed by atoms with E-state index in [0.717, 1.165) is 11.5 Å². The maximum absolute atomic E-state index is 5.51. The molecular formula is C12H16OS. The molecule has 1 nitrogen and oxygen atoms in total. The number of hydrogen-bond donors (Lipinski definition) is 0. The van der Waals surface area contributed by atoms with Crippen LogP contribution < -0.4 is 4.74 Å². The molecule has 0 aromatic heterocycles. The van der Waals surface area contributed by atoms with Crippen molar-refractivity contribution in [1.29, 1.82) is 0 Å². The average molecular weight is 208 g/mol. The predicted octanol–water partition coefficient (Wildman–Crippen LogP) is 3.29. The molecular weight excluding hydrogens is 192 g/mol. The van der Waals surface area contributed by atoms with Crippen LogP contribution in [0.5, 0.6) is 5.75 Å². The highest BCUT2D eigenvalue weighted by Gasteiger charge is 1.89. The number of ether oxygens (including phenoxy) is 1. The van der Waals surface area contributed by atoms with Crippen LogP contribution in [0.25, 0.3) is 0 Å². The van der Waals surface area contributed by atoms with Crippen molar-refractivity contribution in [2.75, 3.05) is 18.6 Å². The molecule has 1 aromatic rings. The quantitative estimate of drug-likeness (QED) is 0.687. The maximum atomic E-state index is 5.51. The summed E-state index contributed by atoms with van der Waals surface area (Å²) >= 11 is 1.81. The lowest BCUT2D eigenvalue weighted by Gasteiger charge is -2.02. The van der Waals surface area contributed by atoms with Gasteiger partial charge >= 0.3 is 0 Å². The minimum atomic E-state index is 0.656. The second-order valence-corrected chi connectivity index (χ2v) is 3.96. The Balaban J connectivity index is 2.28. The average Bonchev–Trinajstić information content (AvgIpc) is 2.21. The van der Waals surface area contributed by atoms with E-state index in [1.54, 1.807) is 0 Å². The lowest BCUT2D eigenvalue weighted by molar-refractivity contribution is 0.362. The van der Waals surface area contributed by atoms with Gasteiger partial charge in [-0.2, -0.15) is 11.8 Å². The first-order chi connectivity index (χ1) is 6.83. The number of benzene rings is 1. The Labute approximate surface area is 90.2 Å². The molecule has 0 radical (unpaired) electrons. The monoisotopic (exact) mass is 208 g/mol. The summed E-state index contributed by atoms with van der Waals surface area (Å²) in [5.74, 6) is 1.99. The first-order valence-corrected chi connectivity index (χ1v) is 6.05. The lowest BCUT2D eigenvalue weighted by atomic mass is 10.2. The minimum Gasteiger partial charge on any atom is -0.490 e. The second-order valence-electron chi connectivity index (χ2n) is 3.05. The predicted molar refractivity (Wildman–Crippen MR) is 64.2 cm³/mol. The van der Waals surface area contributed by atoms with E-state index < -0.39 is 0 Å². The Morgan fingerprint density at radius 1 is 1.21 bits per heavy atom. The van der Waals surface area contributed by atoms with E-state index in [4.69, 9.17) is 4.74 Å². The van der Waals surface area contributed by atoms with Crippen molar-refractivity contribution in [2.24, 2.45) is 0 Å². The highest BCUT2D eigenvalue weighted by Crippen LogP contribution is 2.10. The van der Waals surface area contributed by atoms with Gasteiger partial charge in [-0.3, -0.25) is 0 Å². The molecule has 0 atom stereocenters. The summed E-state index contributed by atoms with van der Waals surface area (Å²) in [6.07, 6.45) is 6.26. The number of aryl methyl sites for hydroxylation is 1. The summed E-state index contributed by atoms with van der Waals surface area (Å²) in [5.41, 5.74) is 1.26. The Hall–Kier alpha value is -0.890. The van der Waals surface area contributed by atoms with E-state index >= 15 is 0 Å². The van der Waals surface area contributed by atoms with Gasteiger partial charge in [0.1, 0.15) is 12.4 Å². The van der Waals surface area contributed by atoms with Crippen molar-refractivity contribution in [3.8, 4) is 5.75 Å². The molecule has 0 bridgehead atoms. The molecule has 0 amide bonds. The molecule has 0 saturated carbocycles. The van der Waals surface area contributed by atoms with E-state index in [1.807, 2.05) is 23.9 Å². The van der Waals surface area contributed by atoms with Crippen LogP contribution in [0.2, 0.25) is 0 Å². The van der Waals surface area contributed by atoms with Gasteiger partial charge in [-0.25, -0.2) is 0 Å². The zero-order valence-electron chi connectivity index (χ0n) is 8.69. The van der Waals surface area contributed by atoms with Gasteiger partial charge in [-0.1, -0.05) is 29.8 Å². The van der Waals surface area contributed by atoms with Gasteiger partial charge in [0.2, 0.25) is 0 Å². The van der Waals surface area contributed by atoms with Crippen LogP contribution >= 0.6 is 11.8 Å². The van der Waals surface area contributed by atoms with E-state index in [-0.39, 0.29) is 0 Å². The number of rotatable bonds is 5. The molecule has 2 heteroatoms. The van der Waals surface area contributed by atoms with Crippen LogP contribution in [0.3, 0.4) is 0 Å². The molecule has 0 aliphatic heterocycles. The van der Waals surface area contributed by atoms with Gasteiger partial charge in [0.25, 0.3) is 0 Å². The fourth-order valence-electron chi connectivity index (χ4n) is 1.01. The molecule has 14 heavy (non-hydrogen) atoms. The molecule has 76 valence electrons. The van der Waals surface area contributed by atoms with Crippen molar-refractivity contribution >= 4 is 11.8 Å². The van der Waals surface area contributed by atoms with Crippen LogP contribution in [-0.4, -0.2) is 18.6 Å². The third-order valence-electron chi connectivity index (χ3n) is 1.80. The molecule has 0 unspecified atom stereocenters. The normalized spacial score (nSPS) is 10.7. The lowest BCUT2D eigenvalue weighted by Crippen LogP contribution is -1.93. The van der Waals surface area contributed by atoms with Crippen LogP contribution in [0.1, 0.15) is 5.56 Å². The minimum absolute atomic E-state index is 0.656. The summed E-state index contributed by atoms with van der Waals surface area (Å²) in [4.78, 5) is 0. The summed E-state index contributed by atoms with van der Waals surface area (Å²) in [6, 6.07) is 8.11. The molecule has 1 rings (SSSR count). The standard InChI is InChI=1S/C12H16OS/c1-11-5-7-12(8-6-11)13-9-3-4-10-14-2/h3-8H,9-10H2,1-2H3/b4-3+. The molecule has 0 spiro atoms. The summed E-state index contributed by atoms with van der Waals surface area (Å²) < 4.78 is 5.51. The molecule has 0 heterocycles. The molecule has 0 aliphatic rings. The van der Waals surface area contributed by atoms with Gasteiger partial charge in [0.15, 0.2) is 0 Å². The Bertz CT molecular complexity index is 277. The van der Waals surface area contributed by atoms with Crippen LogP contribution in [-0.2, 0) is 0 Å². The number of thioether (sulfide) groups is 1. The fraction of sp³-hybridized carbons (Fsp3) is 0.333. The summed E-state index contributed by atoms with van der Waals surface area (Å²) in [5, 5.41) is 0. The molecule has 0 saturated heterocycles. The van der Waals surface area contributed by atoms with E-state index in [1.165, 1.54) is 5.56 Å². The Kier molecular flexibility index (Phi) is 5.23. The van der Waals surface area contributed by atoms with E-state index in [2.05, 4.69) is 37.5 Å². The molecule has 0 N–H and O–H groups in total. The van der Waals surface area contributed by atoms with Crippen LogP contribution in [0, 0.1) is 6.92 Å². The van der Waals surface area contributed by atoms with Crippen molar-refractivity contribution in [3.63, 3.8) is 0 Å². The van der Waals surface area contributed by atoms with Crippen molar-refractivity contribution in [2.45, 2.75) is 6.92 Å². The van der Waals surface area contributed by atoms with Crippen molar-refractivity contribution in [1.82, 2.24) is 0 Å². The van der Waals surface area contributed by atoms with Gasteiger partial charge in [0, 0.05) is 5.75 Å². The summed E-state index contributed by atoms with van der Waals surface area (Å²) in [6.45, 7) is 2.73. The third kappa shape index (κ3) is 4.38. The number of hydrogen-bond acceptors (Lipinski definition) is 2. The smallest absolute Gasteiger partial charge is 0.119 e. The Morgan fingerprint density at radius 3 is 2.57 bits per heavy atom. The van der Waals surface area contributed by atoms with Gasteiger partial charge in [-0.15, -0.1) is 0 Å². The fourth-order valence-corrected chi connectivity index (χ4v) is 1.34. The highest BCUT2D eigenvalue weighted by molar-refractivity contribution is 7.98.